The maximum Gasteiger partial charge on any atom is 0.254 e. The molecule has 2 aromatic carbocycles. The van der Waals surface area contributed by atoms with Gasteiger partial charge in [0.15, 0.2) is 5.78 Å². The summed E-state index contributed by atoms with van der Waals surface area (Å²) >= 11 is 0. The van der Waals surface area contributed by atoms with Crippen LogP contribution in [0.4, 0.5) is 8.78 Å². The molecule has 0 radical (unpaired) electrons. The van der Waals surface area contributed by atoms with Gasteiger partial charge >= 0.3 is 0 Å². The zero-order valence-electron chi connectivity index (χ0n) is 11.0. The average Bonchev–Trinajstić information content (AvgIpc) is 2.76. The molecule has 0 aliphatic carbocycles. The topological polar surface area (TPSA) is 37.4 Å². The monoisotopic (exact) mass is 287 g/mol. The van der Waals surface area contributed by atoms with E-state index in [9.17, 15) is 18.4 Å². The number of hydrogen-bond acceptors (Lipinski definition) is 2. The number of amides is 1. The molecular formula is C16H11F2NO2. The molecule has 1 aliphatic rings. The van der Waals surface area contributed by atoms with Crippen LogP contribution in [0.2, 0.25) is 0 Å². The number of rotatable bonds is 3. The molecule has 1 aliphatic heterocycles. The molecule has 2 aromatic rings. The van der Waals surface area contributed by atoms with Gasteiger partial charge in [0.25, 0.3) is 5.91 Å². The maximum absolute atomic E-state index is 13.6. The Balaban J connectivity index is 1.83. The minimum absolute atomic E-state index is 0.275. The van der Waals surface area contributed by atoms with Crippen LogP contribution in [0, 0.1) is 11.6 Å². The van der Waals surface area contributed by atoms with Gasteiger partial charge in [0.1, 0.15) is 11.6 Å². The van der Waals surface area contributed by atoms with Gasteiger partial charge in [-0.15, -0.1) is 0 Å². The molecule has 1 heterocycles. The van der Waals surface area contributed by atoms with E-state index in [2.05, 4.69) is 0 Å². The Bertz CT molecular complexity index is 723. The molecule has 0 unspecified atom stereocenters. The van der Waals surface area contributed by atoms with E-state index in [0.29, 0.717) is 5.56 Å². The lowest BCUT2D eigenvalue weighted by Crippen LogP contribution is -2.31. The molecule has 0 bridgehead atoms. The molecule has 0 aromatic heterocycles. The SMILES string of the molecule is O=C(CN1Cc2ccccc2C1=O)c1c(F)cccc1F. The quantitative estimate of drug-likeness (QED) is 0.814. The Labute approximate surface area is 119 Å². The van der Waals surface area contributed by atoms with Crippen molar-refractivity contribution in [1.82, 2.24) is 4.90 Å². The molecule has 106 valence electrons. The second kappa shape index (κ2) is 5.09. The second-order valence-electron chi connectivity index (χ2n) is 4.84. The van der Waals surface area contributed by atoms with Gasteiger partial charge in [0.05, 0.1) is 12.1 Å². The third-order valence-electron chi connectivity index (χ3n) is 3.47. The molecule has 0 N–H and O–H groups in total. The van der Waals surface area contributed by atoms with E-state index < -0.39 is 23.0 Å². The van der Waals surface area contributed by atoms with E-state index in [-0.39, 0.29) is 19.0 Å². The minimum atomic E-state index is -0.913. The van der Waals surface area contributed by atoms with Crippen LogP contribution in [0.1, 0.15) is 26.3 Å². The summed E-state index contributed by atoms with van der Waals surface area (Å²) in [6, 6.07) is 10.2. The van der Waals surface area contributed by atoms with Crippen molar-refractivity contribution in [1.29, 1.82) is 0 Å². The van der Waals surface area contributed by atoms with Crippen molar-refractivity contribution < 1.29 is 18.4 Å². The van der Waals surface area contributed by atoms with Crippen LogP contribution in [-0.4, -0.2) is 23.1 Å². The van der Waals surface area contributed by atoms with E-state index >= 15 is 0 Å². The van der Waals surface area contributed by atoms with E-state index in [1.54, 1.807) is 24.3 Å². The molecule has 1 amide bonds. The molecule has 5 heteroatoms. The van der Waals surface area contributed by atoms with Gasteiger partial charge in [0.2, 0.25) is 0 Å². The first-order valence-electron chi connectivity index (χ1n) is 6.42. The number of Topliss-reactive ketones (excluding diaryl/α,β-unsaturated/α-hetero) is 1. The maximum atomic E-state index is 13.6. The molecule has 21 heavy (non-hydrogen) atoms. The van der Waals surface area contributed by atoms with E-state index in [4.69, 9.17) is 0 Å². The zero-order valence-corrected chi connectivity index (χ0v) is 11.0. The summed E-state index contributed by atoms with van der Waals surface area (Å²) in [6.07, 6.45) is 0. The zero-order chi connectivity index (χ0) is 15.0. The van der Waals surface area contributed by atoms with Gasteiger partial charge in [0, 0.05) is 12.1 Å². The van der Waals surface area contributed by atoms with Gasteiger partial charge in [-0.1, -0.05) is 24.3 Å². The van der Waals surface area contributed by atoms with Crippen molar-refractivity contribution in [2.45, 2.75) is 6.54 Å². The number of hydrogen-bond donors (Lipinski definition) is 0. The number of ketones is 1. The van der Waals surface area contributed by atoms with Crippen LogP contribution in [0.5, 0.6) is 0 Å². The highest BCUT2D eigenvalue weighted by atomic mass is 19.1. The minimum Gasteiger partial charge on any atom is -0.327 e. The summed E-state index contributed by atoms with van der Waals surface area (Å²) in [4.78, 5) is 25.5. The van der Waals surface area contributed by atoms with Gasteiger partial charge in [-0.25, -0.2) is 8.78 Å². The third-order valence-corrected chi connectivity index (χ3v) is 3.47. The predicted octanol–water partition coefficient (Wildman–Crippen LogP) is 2.80. The van der Waals surface area contributed by atoms with E-state index in [0.717, 1.165) is 17.7 Å². The average molecular weight is 287 g/mol. The highest BCUT2D eigenvalue weighted by molar-refractivity contribution is 6.04. The summed E-state index contributed by atoms with van der Waals surface area (Å²) < 4.78 is 27.1. The molecule has 3 nitrogen and oxygen atoms in total. The lowest BCUT2D eigenvalue weighted by Gasteiger charge is -2.15. The number of fused-ring (bicyclic) bond motifs is 1. The van der Waals surface area contributed by atoms with Crippen molar-refractivity contribution in [3.63, 3.8) is 0 Å². The van der Waals surface area contributed by atoms with Crippen LogP contribution in [0.3, 0.4) is 0 Å². The Morgan fingerprint density at radius 1 is 1.05 bits per heavy atom. The number of carbonyl (C=O) groups is 2. The summed E-state index contributed by atoms with van der Waals surface area (Å²) in [5, 5.41) is 0. The fourth-order valence-electron chi connectivity index (χ4n) is 2.46. The molecular weight excluding hydrogens is 276 g/mol. The normalized spacial score (nSPS) is 13.4. The van der Waals surface area contributed by atoms with Gasteiger partial charge < -0.3 is 4.90 Å². The van der Waals surface area contributed by atoms with Gasteiger partial charge in [-0.2, -0.15) is 0 Å². The van der Waals surface area contributed by atoms with Crippen molar-refractivity contribution in [2.24, 2.45) is 0 Å². The van der Waals surface area contributed by atoms with Crippen molar-refractivity contribution in [3.05, 3.63) is 70.8 Å². The summed E-state index contributed by atoms with van der Waals surface area (Å²) in [5.74, 6) is -2.87. The number of carbonyl (C=O) groups excluding carboxylic acids is 2. The Morgan fingerprint density at radius 3 is 2.38 bits per heavy atom. The van der Waals surface area contributed by atoms with Crippen LogP contribution in [-0.2, 0) is 6.54 Å². The van der Waals surface area contributed by atoms with Crippen molar-refractivity contribution in [2.75, 3.05) is 6.54 Å². The number of nitrogens with zero attached hydrogens (tertiary/aromatic N) is 1. The Morgan fingerprint density at radius 2 is 1.71 bits per heavy atom. The molecule has 0 spiro atoms. The second-order valence-corrected chi connectivity index (χ2v) is 4.84. The van der Waals surface area contributed by atoms with Crippen LogP contribution in [0.15, 0.2) is 42.5 Å². The molecule has 0 fully saturated rings. The first kappa shape index (κ1) is 13.4. The lowest BCUT2D eigenvalue weighted by atomic mass is 10.1. The van der Waals surface area contributed by atoms with Crippen LogP contribution >= 0.6 is 0 Å². The molecule has 0 atom stereocenters. The molecule has 0 saturated carbocycles. The highest BCUT2D eigenvalue weighted by Gasteiger charge is 2.29. The first-order valence-corrected chi connectivity index (χ1v) is 6.42. The lowest BCUT2D eigenvalue weighted by molar-refractivity contribution is 0.0726. The first-order chi connectivity index (χ1) is 10.1. The van der Waals surface area contributed by atoms with Crippen molar-refractivity contribution in [3.8, 4) is 0 Å². The summed E-state index contributed by atoms with van der Waals surface area (Å²) in [5.41, 5.74) is 0.741. The van der Waals surface area contributed by atoms with Gasteiger partial charge in [-0.05, 0) is 23.8 Å². The van der Waals surface area contributed by atoms with Crippen LogP contribution in [0.25, 0.3) is 0 Å². The number of halogens is 2. The van der Waals surface area contributed by atoms with E-state index in [1.165, 1.54) is 11.0 Å². The third kappa shape index (κ3) is 2.31. The Kier molecular flexibility index (Phi) is 3.25. The standard InChI is InChI=1S/C16H11F2NO2/c17-12-6-3-7-13(18)15(12)14(20)9-19-8-10-4-1-2-5-11(10)16(19)21/h1-7H,8-9H2. The molecule has 3 rings (SSSR count). The van der Waals surface area contributed by atoms with Crippen molar-refractivity contribution >= 4 is 11.7 Å². The van der Waals surface area contributed by atoms with Crippen LogP contribution < -0.4 is 0 Å². The number of benzene rings is 2. The highest BCUT2D eigenvalue weighted by Crippen LogP contribution is 2.23. The predicted molar refractivity (Wildman–Crippen MR) is 71.9 cm³/mol. The van der Waals surface area contributed by atoms with E-state index in [1.807, 2.05) is 0 Å². The van der Waals surface area contributed by atoms with Gasteiger partial charge in [-0.3, -0.25) is 9.59 Å². The largest absolute Gasteiger partial charge is 0.327 e. The smallest absolute Gasteiger partial charge is 0.254 e. The Hall–Kier alpha value is -2.56. The fourth-order valence-corrected chi connectivity index (χ4v) is 2.46. The fraction of sp³-hybridized carbons (Fsp3) is 0.125. The summed E-state index contributed by atoms with van der Waals surface area (Å²) in [6.45, 7) is -0.0673. The molecule has 0 saturated heterocycles. The summed E-state index contributed by atoms with van der Waals surface area (Å²) in [7, 11) is 0.